The van der Waals surface area contributed by atoms with Crippen molar-refractivity contribution in [1.82, 2.24) is 14.5 Å². The molecule has 2 aromatic heterocycles. The SMILES string of the molecule is Cc1c(C(F)(F)F)[nH]c2nc(=S)n([C@@H]3O[C@H](CO)C(O)C3O)cc2c1=O. The van der Waals surface area contributed by atoms with Gasteiger partial charge in [0.25, 0.3) is 0 Å². The van der Waals surface area contributed by atoms with Crippen molar-refractivity contribution in [1.29, 1.82) is 0 Å². The van der Waals surface area contributed by atoms with Crippen molar-refractivity contribution in [2.45, 2.75) is 37.6 Å². The molecular formula is C14H14F3N3O5S. The topological polar surface area (TPSA) is 121 Å². The number of aromatic nitrogens is 3. The second-order valence-corrected chi connectivity index (χ2v) is 6.24. The van der Waals surface area contributed by atoms with Crippen molar-refractivity contribution in [3.8, 4) is 0 Å². The van der Waals surface area contributed by atoms with Crippen LogP contribution in [0.25, 0.3) is 11.0 Å². The van der Waals surface area contributed by atoms with Crippen LogP contribution in [0.4, 0.5) is 13.2 Å². The standard InChI is InChI=1S/C14H14F3N3O5S/c1-4-7(22)5-2-20(12-9(24)8(23)6(3-21)25-12)13(26)19-11(5)18-10(4)14(15,16)17/h2,6,8-9,12,21,23-24H,3H2,1H3,(H,18,19,26)/t6-,8?,9?,12-/m1/s1. The summed E-state index contributed by atoms with van der Waals surface area (Å²) in [5, 5.41) is 28.8. The number of ether oxygens (including phenoxy) is 1. The predicted molar refractivity (Wildman–Crippen MR) is 83.9 cm³/mol. The Bertz CT molecular complexity index is 973. The van der Waals surface area contributed by atoms with Crippen molar-refractivity contribution in [3.63, 3.8) is 0 Å². The van der Waals surface area contributed by atoms with Gasteiger partial charge in [-0.05, 0) is 19.1 Å². The van der Waals surface area contributed by atoms with Crippen LogP contribution in [0.2, 0.25) is 0 Å². The zero-order valence-corrected chi connectivity index (χ0v) is 14.0. The van der Waals surface area contributed by atoms with Crippen LogP contribution in [0.5, 0.6) is 0 Å². The van der Waals surface area contributed by atoms with Crippen LogP contribution in [0.3, 0.4) is 0 Å². The zero-order valence-electron chi connectivity index (χ0n) is 13.2. The van der Waals surface area contributed by atoms with E-state index in [1.807, 2.05) is 0 Å². The first kappa shape index (κ1) is 18.9. The Morgan fingerprint density at radius 1 is 1.38 bits per heavy atom. The van der Waals surface area contributed by atoms with Crippen LogP contribution in [0.15, 0.2) is 11.0 Å². The predicted octanol–water partition coefficient (Wildman–Crippen LogP) is 0.393. The lowest BCUT2D eigenvalue weighted by Gasteiger charge is -2.19. The first-order valence-electron chi connectivity index (χ1n) is 7.41. The number of H-pyrrole nitrogens is 1. The van der Waals surface area contributed by atoms with Gasteiger partial charge in [0.1, 0.15) is 29.7 Å². The first-order chi connectivity index (χ1) is 12.1. The molecule has 3 heterocycles. The van der Waals surface area contributed by atoms with E-state index in [1.54, 1.807) is 0 Å². The van der Waals surface area contributed by atoms with Crippen LogP contribution < -0.4 is 5.43 Å². The summed E-state index contributed by atoms with van der Waals surface area (Å²) in [4.78, 5) is 18.2. The van der Waals surface area contributed by atoms with E-state index >= 15 is 0 Å². The molecular weight excluding hydrogens is 379 g/mol. The number of rotatable bonds is 2. The van der Waals surface area contributed by atoms with Gasteiger partial charge in [0.05, 0.1) is 12.0 Å². The van der Waals surface area contributed by atoms with Crippen molar-refractivity contribution in [2.24, 2.45) is 0 Å². The average molecular weight is 393 g/mol. The number of halogens is 3. The molecule has 0 radical (unpaired) electrons. The summed E-state index contributed by atoms with van der Waals surface area (Å²) in [6.07, 6.45) is -8.89. The smallest absolute Gasteiger partial charge is 0.394 e. The highest BCUT2D eigenvalue weighted by molar-refractivity contribution is 7.71. The van der Waals surface area contributed by atoms with Gasteiger partial charge in [0, 0.05) is 11.8 Å². The van der Waals surface area contributed by atoms with Crippen LogP contribution in [0, 0.1) is 11.7 Å². The van der Waals surface area contributed by atoms with E-state index in [2.05, 4.69) is 9.97 Å². The van der Waals surface area contributed by atoms with Gasteiger partial charge in [-0.2, -0.15) is 13.2 Å². The average Bonchev–Trinajstić information content (AvgIpc) is 2.84. The number of nitrogens with one attached hydrogen (secondary N) is 1. The second kappa shape index (κ2) is 6.39. The number of fused-ring (bicyclic) bond motifs is 1. The van der Waals surface area contributed by atoms with E-state index in [-0.39, 0.29) is 15.8 Å². The number of pyridine rings is 1. The highest BCUT2D eigenvalue weighted by atomic mass is 32.1. The van der Waals surface area contributed by atoms with Crippen molar-refractivity contribution in [2.75, 3.05) is 6.61 Å². The molecule has 12 heteroatoms. The molecule has 142 valence electrons. The van der Waals surface area contributed by atoms with Gasteiger partial charge in [-0.3, -0.25) is 9.36 Å². The van der Waals surface area contributed by atoms with Gasteiger partial charge in [0.15, 0.2) is 11.7 Å². The Kier molecular flexibility index (Phi) is 4.65. The fourth-order valence-electron chi connectivity index (χ4n) is 2.83. The summed E-state index contributed by atoms with van der Waals surface area (Å²) >= 11 is 5.01. The number of aliphatic hydroxyl groups excluding tert-OH is 3. The minimum Gasteiger partial charge on any atom is -0.394 e. The van der Waals surface area contributed by atoms with E-state index in [0.29, 0.717) is 0 Å². The quantitative estimate of drug-likeness (QED) is 0.545. The summed E-state index contributed by atoms with van der Waals surface area (Å²) in [6.45, 7) is 0.456. The lowest BCUT2D eigenvalue weighted by Crippen LogP contribution is -2.33. The second-order valence-electron chi connectivity index (χ2n) is 5.87. The third-order valence-corrected chi connectivity index (χ3v) is 4.53. The normalized spacial score (nSPS) is 26.6. The van der Waals surface area contributed by atoms with Crippen LogP contribution >= 0.6 is 12.2 Å². The van der Waals surface area contributed by atoms with Gasteiger partial charge in [-0.25, -0.2) is 4.98 Å². The Hall–Kier alpha value is -1.86. The number of aliphatic hydroxyl groups is 3. The molecule has 0 aliphatic carbocycles. The maximum absolute atomic E-state index is 13.0. The molecule has 1 fully saturated rings. The molecule has 2 aromatic rings. The van der Waals surface area contributed by atoms with Gasteiger partial charge in [-0.1, -0.05) is 0 Å². The van der Waals surface area contributed by atoms with Crippen molar-refractivity contribution < 1.29 is 33.2 Å². The maximum Gasteiger partial charge on any atom is 0.431 e. The lowest BCUT2D eigenvalue weighted by molar-refractivity contribution is -0.141. The third kappa shape index (κ3) is 2.93. The molecule has 4 atom stereocenters. The lowest BCUT2D eigenvalue weighted by atomic mass is 10.1. The Labute approximate surface area is 148 Å². The molecule has 0 aromatic carbocycles. The van der Waals surface area contributed by atoms with Gasteiger partial charge >= 0.3 is 6.18 Å². The minimum atomic E-state index is -4.77. The first-order valence-corrected chi connectivity index (χ1v) is 7.82. The van der Waals surface area contributed by atoms with E-state index in [4.69, 9.17) is 22.1 Å². The molecule has 3 rings (SSSR count). The third-order valence-electron chi connectivity index (χ3n) is 4.23. The summed E-state index contributed by atoms with van der Waals surface area (Å²) in [7, 11) is 0. The summed E-state index contributed by atoms with van der Waals surface area (Å²) in [6, 6.07) is 0. The van der Waals surface area contributed by atoms with E-state index in [1.165, 1.54) is 0 Å². The summed E-state index contributed by atoms with van der Waals surface area (Å²) in [5.41, 5.74) is -3.03. The monoisotopic (exact) mass is 393 g/mol. The summed E-state index contributed by atoms with van der Waals surface area (Å²) in [5.74, 6) is 0. The molecule has 26 heavy (non-hydrogen) atoms. The van der Waals surface area contributed by atoms with E-state index in [9.17, 15) is 28.2 Å². The molecule has 0 saturated carbocycles. The number of aromatic amines is 1. The van der Waals surface area contributed by atoms with Crippen LogP contribution in [-0.2, 0) is 10.9 Å². The highest BCUT2D eigenvalue weighted by Crippen LogP contribution is 2.32. The number of hydrogen-bond donors (Lipinski definition) is 4. The maximum atomic E-state index is 13.0. The Morgan fingerprint density at radius 3 is 2.58 bits per heavy atom. The van der Waals surface area contributed by atoms with Gasteiger partial charge < -0.3 is 25.0 Å². The van der Waals surface area contributed by atoms with Crippen molar-refractivity contribution >= 4 is 23.3 Å². The molecule has 0 bridgehead atoms. The van der Waals surface area contributed by atoms with E-state index < -0.39 is 54.0 Å². The van der Waals surface area contributed by atoms with Crippen molar-refractivity contribution in [3.05, 3.63) is 32.4 Å². The molecule has 1 saturated heterocycles. The highest BCUT2D eigenvalue weighted by Gasteiger charge is 2.43. The molecule has 4 N–H and O–H groups in total. The summed E-state index contributed by atoms with van der Waals surface area (Å²) < 4.78 is 45.2. The molecule has 1 aliphatic rings. The van der Waals surface area contributed by atoms with Crippen LogP contribution in [-0.4, -0.2) is 54.8 Å². The Morgan fingerprint density at radius 2 is 2.04 bits per heavy atom. The van der Waals surface area contributed by atoms with E-state index in [0.717, 1.165) is 17.7 Å². The molecule has 8 nitrogen and oxygen atoms in total. The minimum absolute atomic E-state index is 0.193. The molecule has 2 unspecified atom stereocenters. The van der Waals surface area contributed by atoms with Crippen LogP contribution in [0.1, 0.15) is 17.5 Å². The largest absolute Gasteiger partial charge is 0.431 e. The molecule has 0 amide bonds. The van der Waals surface area contributed by atoms with Gasteiger partial charge in [-0.15, -0.1) is 0 Å². The Balaban J connectivity index is 2.19. The number of hydrogen-bond acceptors (Lipinski definition) is 7. The number of nitrogens with zero attached hydrogens (tertiary/aromatic N) is 2. The molecule has 1 aliphatic heterocycles. The van der Waals surface area contributed by atoms with Gasteiger partial charge in [0.2, 0.25) is 4.77 Å². The number of alkyl halides is 3. The fraction of sp³-hybridized carbons (Fsp3) is 0.500. The fourth-order valence-corrected chi connectivity index (χ4v) is 3.08. The molecule has 0 spiro atoms. The zero-order chi connectivity index (χ0) is 19.4.